The molecule has 0 bridgehead atoms. The van der Waals surface area contributed by atoms with Crippen LogP contribution in [0, 0.1) is 5.92 Å². The highest BCUT2D eigenvalue weighted by Crippen LogP contribution is 2.36. The Hall–Kier alpha value is -3.48. The highest BCUT2D eigenvalue weighted by molar-refractivity contribution is 5.76. The normalized spacial score (nSPS) is 17.8. The molecular weight excluding hydrogens is 398 g/mol. The SMILES string of the molecule is CCCC1CCC1Nc1nc(-c2cccc(-c3cnn(C)c3)c2)ncc1-c1cnn(C)c1. The van der Waals surface area contributed by atoms with Gasteiger partial charge in [-0.1, -0.05) is 31.5 Å². The lowest BCUT2D eigenvalue weighted by molar-refractivity contribution is 0.257. The Bertz CT molecular complexity index is 1220. The molecule has 3 aromatic heterocycles. The van der Waals surface area contributed by atoms with Crippen LogP contribution in [0.1, 0.15) is 32.6 Å². The number of aryl methyl sites for hydroxylation is 2. The van der Waals surface area contributed by atoms with Crippen molar-refractivity contribution in [3.63, 3.8) is 0 Å². The Morgan fingerprint density at radius 1 is 0.938 bits per heavy atom. The fourth-order valence-corrected chi connectivity index (χ4v) is 4.46. The largest absolute Gasteiger partial charge is 0.366 e. The van der Waals surface area contributed by atoms with Gasteiger partial charge in [-0.2, -0.15) is 10.2 Å². The van der Waals surface area contributed by atoms with E-state index in [2.05, 4.69) is 40.6 Å². The molecule has 32 heavy (non-hydrogen) atoms. The molecule has 0 spiro atoms. The zero-order valence-corrected chi connectivity index (χ0v) is 18.9. The molecule has 2 unspecified atom stereocenters. The first-order valence-electron chi connectivity index (χ1n) is 11.3. The quantitative estimate of drug-likeness (QED) is 0.452. The van der Waals surface area contributed by atoms with Crippen LogP contribution in [-0.2, 0) is 14.1 Å². The summed E-state index contributed by atoms with van der Waals surface area (Å²) in [6.07, 6.45) is 14.6. The molecule has 1 saturated carbocycles. The van der Waals surface area contributed by atoms with Gasteiger partial charge in [0.25, 0.3) is 0 Å². The summed E-state index contributed by atoms with van der Waals surface area (Å²) in [6, 6.07) is 8.80. The first-order chi connectivity index (χ1) is 15.6. The lowest BCUT2D eigenvalue weighted by Crippen LogP contribution is -2.38. The molecule has 7 nitrogen and oxygen atoms in total. The van der Waals surface area contributed by atoms with Gasteiger partial charge in [-0.3, -0.25) is 9.36 Å². The molecule has 1 aliphatic carbocycles. The van der Waals surface area contributed by atoms with Crippen molar-refractivity contribution >= 4 is 5.82 Å². The lowest BCUT2D eigenvalue weighted by Gasteiger charge is -2.38. The third-order valence-electron chi connectivity index (χ3n) is 6.36. The minimum Gasteiger partial charge on any atom is -0.366 e. The molecule has 5 rings (SSSR count). The lowest BCUT2D eigenvalue weighted by atomic mass is 9.77. The zero-order valence-electron chi connectivity index (χ0n) is 18.9. The van der Waals surface area contributed by atoms with E-state index in [4.69, 9.17) is 9.97 Å². The van der Waals surface area contributed by atoms with Gasteiger partial charge in [0.2, 0.25) is 0 Å². The van der Waals surface area contributed by atoms with E-state index in [1.54, 1.807) is 0 Å². The van der Waals surface area contributed by atoms with Gasteiger partial charge in [-0.25, -0.2) is 9.97 Å². The van der Waals surface area contributed by atoms with Crippen molar-refractivity contribution in [2.75, 3.05) is 5.32 Å². The van der Waals surface area contributed by atoms with Gasteiger partial charge in [0.15, 0.2) is 5.82 Å². The highest BCUT2D eigenvalue weighted by atomic mass is 15.2. The third kappa shape index (κ3) is 4.02. The van der Waals surface area contributed by atoms with Crippen LogP contribution >= 0.6 is 0 Å². The first kappa shape index (κ1) is 20.4. The molecule has 1 fully saturated rings. The van der Waals surface area contributed by atoms with Crippen molar-refractivity contribution in [3.8, 4) is 33.6 Å². The summed E-state index contributed by atoms with van der Waals surface area (Å²) in [4.78, 5) is 9.74. The number of nitrogens with one attached hydrogen (secondary N) is 1. The van der Waals surface area contributed by atoms with Gasteiger partial charge in [-0.15, -0.1) is 0 Å². The van der Waals surface area contributed by atoms with Gasteiger partial charge < -0.3 is 5.32 Å². The van der Waals surface area contributed by atoms with Crippen molar-refractivity contribution in [1.82, 2.24) is 29.5 Å². The summed E-state index contributed by atoms with van der Waals surface area (Å²) in [7, 11) is 3.86. The van der Waals surface area contributed by atoms with Crippen LogP contribution in [0.15, 0.2) is 55.2 Å². The maximum atomic E-state index is 5.00. The van der Waals surface area contributed by atoms with Crippen LogP contribution in [0.4, 0.5) is 5.82 Å². The molecule has 1 aromatic carbocycles. The van der Waals surface area contributed by atoms with E-state index in [-0.39, 0.29) is 0 Å². The van der Waals surface area contributed by atoms with E-state index in [9.17, 15) is 0 Å². The molecule has 2 atom stereocenters. The molecule has 0 radical (unpaired) electrons. The van der Waals surface area contributed by atoms with Gasteiger partial charge >= 0.3 is 0 Å². The van der Waals surface area contributed by atoms with Gasteiger partial charge in [0.05, 0.1) is 12.4 Å². The summed E-state index contributed by atoms with van der Waals surface area (Å²) in [5.41, 5.74) is 5.19. The summed E-state index contributed by atoms with van der Waals surface area (Å²) in [6.45, 7) is 2.26. The van der Waals surface area contributed by atoms with E-state index < -0.39 is 0 Å². The molecule has 1 aliphatic rings. The molecule has 164 valence electrons. The minimum atomic E-state index is 0.467. The molecular formula is C25H29N7. The first-order valence-corrected chi connectivity index (χ1v) is 11.3. The van der Waals surface area contributed by atoms with E-state index in [1.807, 2.05) is 60.5 Å². The summed E-state index contributed by atoms with van der Waals surface area (Å²) in [5.74, 6) is 2.33. The van der Waals surface area contributed by atoms with Crippen LogP contribution < -0.4 is 5.32 Å². The predicted molar refractivity (Wildman–Crippen MR) is 127 cm³/mol. The maximum Gasteiger partial charge on any atom is 0.161 e. The molecule has 4 aromatic rings. The molecule has 0 amide bonds. The molecule has 1 N–H and O–H groups in total. The number of hydrogen-bond donors (Lipinski definition) is 1. The fourth-order valence-electron chi connectivity index (χ4n) is 4.46. The third-order valence-corrected chi connectivity index (χ3v) is 6.36. The maximum absolute atomic E-state index is 5.00. The van der Waals surface area contributed by atoms with Crippen LogP contribution in [-0.4, -0.2) is 35.6 Å². The van der Waals surface area contributed by atoms with E-state index >= 15 is 0 Å². The number of nitrogens with zero attached hydrogens (tertiary/aromatic N) is 6. The van der Waals surface area contributed by atoms with E-state index in [1.165, 1.54) is 25.7 Å². The minimum absolute atomic E-state index is 0.467. The smallest absolute Gasteiger partial charge is 0.161 e. The van der Waals surface area contributed by atoms with Gasteiger partial charge in [0.1, 0.15) is 5.82 Å². The van der Waals surface area contributed by atoms with E-state index in [0.717, 1.165) is 39.5 Å². The molecule has 0 aliphatic heterocycles. The summed E-state index contributed by atoms with van der Waals surface area (Å²) in [5, 5.41) is 12.4. The van der Waals surface area contributed by atoms with Crippen LogP contribution in [0.3, 0.4) is 0 Å². The molecule has 7 heteroatoms. The number of anilines is 1. The van der Waals surface area contributed by atoms with E-state index in [0.29, 0.717) is 12.0 Å². The van der Waals surface area contributed by atoms with Gasteiger partial charge in [-0.05, 0) is 36.8 Å². The van der Waals surface area contributed by atoms with Crippen LogP contribution in [0.25, 0.3) is 33.6 Å². The van der Waals surface area contributed by atoms with Crippen molar-refractivity contribution < 1.29 is 0 Å². The Morgan fingerprint density at radius 3 is 2.34 bits per heavy atom. The van der Waals surface area contributed by atoms with Crippen molar-refractivity contribution in [2.45, 2.75) is 38.6 Å². The molecule has 3 heterocycles. The summed E-state index contributed by atoms with van der Waals surface area (Å²) < 4.78 is 3.63. The Balaban J connectivity index is 1.51. The predicted octanol–water partition coefficient (Wildman–Crippen LogP) is 4.94. The topological polar surface area (TPSA) is 73.5 Å². The van der Waals surface area contributed by atoms with Crippen molar-refractivity contribution in [3.05, 3.63) is 55.2 Å². The second-order valence-electron chi connectivity index (χ2n) is 8.72. The Morgan fingerprint density at radius 2 is 1.69 bits per heavy atom. The van der Waals surface area contributed by atoms with Crippen LogP contribution in [0.5, 0.6) is 0 Å². The Labute approximate surface area is 188 Å². The standard InChI is InChI=1S/C25H29N7/c1-4-6-17-9-10-23(17)29-25-22(21-13-28-32(3)16-21)14-26-24(30-25)19-8-5-7-18(11-19)20-12-27-31(2)15-20/h5,7-8,11-17,23H,4,6,9-10H2,1-3H3,(H,26,29,30). The zero-order chi connectivity index (χ0) is 22.1. The number of benzene rings is 1. The monoisotopic (exact) mass is 427 g/mol. The Kier molecular flexibility index (Phi) is 5.47. The number of aromatic nitrogens is 6. The average molecular weight is 428 g/mol. The van der Waals surface area contributed by atoms with Gasteiger partial charge in [0, 0.05) is 61.0 Å². The number of hydrogen-bond acceptors (Lipinski definition) is 5. The second kappa shape index (κ2) is 8.57. The second-order valence-corrected chi connectivity index (χ2v) is 8.72. The summed E-state index contributed by atoms with van der Waals surface area (Å²) >= 11 is 0. The van der Waals surface area contributed by atoms with Crippen molar-refractivity contribution in [2.24, 2.45) is 20.0 Å². The average Bonchev–Trinajstić information content (AvgIpc) is 3.43. The number of rotatable bonds is 7. The highest BCUT2D eigenvalue weighted by Gasteiger charge is 2.31. The van der Waals surface area contributed by atoms with Crippen molar-refractivity contribution in [1.29, 1.82) is 0 Å². The molecule has 0 saturated heterocycles. The fraction of sp³-hybridized carbons (Fsp3) is 0.360. The van der Waals surface area contributed by atoms with Crippen LogP contribution in [0.2, 0.25) is 0 Å².